The zero-order chi connectivity index (χ0) is 15.8. The number of amides is 1. The van der Waals surface area contributed by atoms with E-state index in [1.165, 1.54) is 5.56 Å². The molecule has 0 radical (unpaired) electrons. The Morgan fingerprint density at radius 2 is 1.82 bits per heavy atom. The molecule has 0 saturated carbocycles. The molecule has 22 heavy (non-hydrogen) atoms. The van der Waals surface area contributed by atoms with Crippen molar-refractivity contribution >= 4 is 29.1 Å². The van der Waals surface area contributed by atoms with Gasteiger partial charge in [-0.05, 0) is 30.5 Å². The molecule has 0 aromatic heterocycles. The van der Waals surface area contributed by atoms with Gasteiger partial charge < -0.3 is 10.1 Å². The van der Waals surface area contributed by atoms with Crippen LogP contribution >= 0.6 is 23.2 Å². The lowest BCUT2D eigenvalue weighted by molar-refractivity contribution is -0.123. The van der Waals surface area contributed by atoms with Crippen molar-refractivity contribution in [3.63, 3.8) is 0 Å². The highest BCUT2D eigenvalue weighted by atomic mass is 35.5. The molecule has 0 fully saturated rings. The summed E-state index contributed by atoms with van der Waals surface area (Å²) in [6, 6.07) is 15.1. The van der Waals surface area contributed by atoms with Gasteiger partial charge in [0, 0.05) is 12.6 Å². The Bertz CT molecular complexity index is 617. The molecule has 5 heteroatoms. The van der Waals surface area contributed by atoms with Crippen molar-refractivity contribution in [3.05, 3.63) is 64.1 Å². The minimum Gasteiger partial charge on any atom is -0.484 e. The average molecular weight is 338 g/mol. The maximum absolute atomic E-state index is 11.7. The summed E-state index contributed by atoms with van der Waals surface area (Å²) in [5.41, 5.74) is 1.27. The lowest BCUT2D eigenvalue weighted by Crippen LogP contribution is -2.29. The number of hydrogen-bond donors (Lipinski definition) is 1. The van der Waals surface area contributed by atoms with Crippen molar-refractivity contribution in [1.82, 2.24) is 5.32 Å². The first-order chi connectivity index (χ1) is 10.6. The van der Waals surface area contributed by atoms with Gasteiger partial charge in [0.2, 0.25) is 0 Å². The third-order valence-electron chi connectivity index (χ3n) is 3.07. The lowest BCUT2D eigenvalue weighted by atomic mass is 10.1. The minimum atomic E-state index is -0.154. The number of carbonyl (C=O) groups excluding carboxylic acids is 1. The summed E-state index contributed by atoms with van der Waals surface area (Å²) in [6.45, 7) is 0.585. The van der Waals surface area contributed by atoms with Gasteiger partial charge in [-0.25, -0.2) is 0 Å². The van der Waals surface area contributed by atoms with Crippen LogP contribution in [0.1, 0.15) is 12.0 Å². The van der Waals surface area contributed by atoms with Gasteiger partial charge in [0.05, 0.1) is 10.0 Å². The molecule has 0 aliphatic rings. The predicted molar refractivity (Wildman–Crippen MR) is 89.7 cm³/mol. The second-order valence-corrected chi connectivity index (χ2v) is 5.62. The van der Waals surface area contributed by atoms with E-state index in [1.54, 1.807) is 18.2 Å². The summed E-state index contributed by atoms with van der Waals surface area (Å²) < 4.78 is 5.36. The monoisotopic (exact) mass is 337 g/mol. The topological polar surface area (TPSA) is 38.3 Å². The van der Waals surface area contributed by atoms with Gasteiger partial charge >= 0.3 is 0 Å². The van der Waals surface area contributed by atoms with Crippen molar-refractivity contribution in [3.8, 4) is 5.75 Å². The number of hydrogen-bond acceptors (Lipinski definition) is 2. The second kappa shape index (κ2) is 8.66. The second-order valence-electron chi connectivity index (χ2n) is 4.80. The first kappa shape index (κ1) is 16.7. The molecule has 116 valence electrons. The Labute approximate surface area is 140 Å². The van der Waals surface area contributed by atoms with Crippen molar-refractivity contribution in [2.45, 2.75) is 12.8 Å². The van der Waals surface area contributed by atoms with E-state index < -0.39 is 0 Å². The van der Waals surface area contributed by atoms with E-state index in [2.05, 4.69) is 17.4 Å². The quantitative estimate of drug-likeness (QED) is 0.771. The van der Waals surface area contributed by atoms with Gasteiger partial charge in [0.1, 0.15) is 5.75 Å². The predicted octanol–water partition coefficient (Wildman–Crippen LogP) is 4.12. The van der Waals surface area contributed by atoms with Gasteiger partial charge in [0.25, 0.3) is 5.91 Å². The molecule has 2 aromatic rings. The molecule has 0 spiro atoms. The van der Waals surface area contributed by atoms with E-state index in [-0.39, 0.29) is 12.5 Å². The Kier molecular flexibility index (Phi) is 6.56. The van der Waals surface area contributed by atoms with E-state index in [0.717, 1.165) is 12.8 Å². The molecular weight excluding hydrogens is 321 g/mol. The van der Waals surface area contributed by atoms with Crippen LogP contribution in [0, 0.1) is 0 Å². The summed E-state index contributed by atoms with van der Waals surface area (Å²) in [4.78, 5) is 11.7. The number of benzene rings is 2. The van der Waals surface area contributed by atoms with Crippen LogP contribution < -0.4 is 10.1 Å². The van der Waals surface area contributed by atoms with Crippen LogP contribution in [0.15, 0.2) is 48.5 Å². The lowest BCUT2D eigenvalue weighted by Gasteiger charge is -2.08. The highest BCUT2D eigenvalue weighted by Gasteiger charge is 2.04. The Morgan fingerprint density at radius 3 is 2.55 bits per heavy atom. The molecule has 0 aliphatic carbocycles. The number of nitrogens with one attached hydrogen (secondary N) is 1. The smallest absolute Gasteiger partial charge is 0.257 e. The van der Waals surface area contributed by atoms with Crippen LogP contribution in [0.2, 0.25) is 10.0 Å². The summed E-state index contributed by atoms with van der Waals surface area (Å²) in [7, 11) is 0. The van der Waals surface area contributed by atoms with Gasteiger partial charge in [-0.1, -0.05) is 53.5 Å². The highest BCUT2D eigenvalue weighted by molar-refractivity contribution is 6.42. The number of rotatable bonds is 7. The number of carbonyl (C=O) groups is 1. The summed E-state index contributed by atoms with van der Waals surface area (Å²) >= 11 is 11.7. The fraction of sp³-hybridized carbons (Fsp3) is 0.235. The first-order valence-corrected chi connectivity index (χ1v) is 7.79. The Hall–Kier alpha value is -1.71. The molecule has 0 bridgehead atoms. The maximum atomic E-state index is 11.7. The maximum Gasteiger partial charge on any atom is 0.257 e. The van der Waals surface area contributed by atoms with Crippen molar-refractivity contribution < 1.29 is 9.53 Å². The zero-order valence-corrected chi connectivity index (χ0v) is 13.5. The fourth-order valence-electron chi connectivity index (χ4n) is 1.93. The van der Waals surface area contributed by atoms with Crippen LogP contribution in [0.25, 0.3) is 0 Å². The molecule has 0 unspecified atom stereocenters. The van der Waals surface area contributed by atoms with E-state index in [1.807, 2.05) is 18.2 Å². The highest BCUT2D eigenvalue weighted by Crippen LogP contribution is 2.26. The van der Waals surface area contributed by atoms with Crippen LogP contribution in [0.3, 0.4) is 0 Å². The standard InChI is InChI=1S/C17H17Cl2NO2/c18-15-9-8-14(11-16(15)19)22-12-17(21)20-10-4-7-13-5-2-1-3-6-13/h1-3,5-6,8-9,11H,4,7,10,12H2,(H,20,21). The van der Waals surface area contributed by atoms with Crippen molar-refractivity contribution in [2.24, 2.45) is 0 Å². The molecule has 1 amide bonds. The summed E-state index contributed by atoms with van der Waals surface area (Å²) in [5, 5.41) is 3.69. The van der Waals surface area contributed by atoms with Crippen LogP contribution in [-0.4, -0.2) is 19.1 Å². The third kappa shape index (κ3) is 5.58. The molecule has 0 saturated heterocycles. The Morgan fingerprint density at radius 1 is 1.05 bits per heavy atom. The molecule has 3 nitrogen and oxygen atoms in total. The SMILES string of the molecule is O=C(COc1ccc(Cl)c(Cl)c1)NCCCc1ccccc1. The van der Waals surface area contributed by atoms with E-state index in [9.17, 15) is 4.79 Å². The number of aryl methyl sites for hydroxylation is 1. The number of halogens is 2. The molecule has 0 aliphatic heterocycles. The van der Waals surface area contributed by atoms with E-state index in [4.69, 9.17) is 27.9 Å². The molecule has 2 rings (SSSR count). The summed E-state index contributed by atoms with van der Waals surface area (Å²) in [6.07, 6.45) is 1.83. The molecular formula is C17H17Cl2NO2. The largest absolute Gasteiger partial charge is 0.484 e. The van der Waals surface area contributed by atoms with E-state index in [0.29, 0.717) is 22.3 Å². The van der Waals surface area contributed by atoms with E-state index >= 15 is 0 Å². The average Bonchev–Trinajstić information content (AvgIpc) is 2.54. The van der Waals surface area contributed by atoms with Gasteiger partial charge in [-0.15, -0.1) is 0 Å². The van der Waals surface area contributed by atoms with Gasteiger partial charge in [-0.2, -0.15) is 0 Å². The van der Waals surface area contributed by atoms with Crippen molar-refractivity contribution in [1.29, 1.82) is 0 Å². The van der Waals surface area contributed by atoms with Crippen LogP contribution in [-0.2, 0) is 11.2 Å². The number of ether oxygens (including phenoxy) is 1. The zero-order valence-electron chi connectivity index (χ0n) is 12.0. The van der Waals surface area contributed by atoms with Gasteiger partial charge in [0.15, 0.2) is 6.61 Å². The van der Waals surface area contributed by atoms with Gasteiger partial charge in [-0.3, -0.25) is 4.79 Å². The third-order valence-corrected chi connectivity index (χ3v) is 3.81. The molecule has 0 atom stereocenters. The molecule has 1 N–H and O–H groups in total. The Balaban J connectivity index is 1.64. The van der Waals surface area contributed by atoms with Crippen LogP contribution in [0.5, 0.6) is 5.75 Å². The molecule has 2 aromatic carbocycles. The van der Waals surface area contributed by atoms with Crippen molar-refractivity contribution in [2.75, 3.05) is 13.2 Å². The first-order valence-electron chi connectivity index (χ1n) is 7.03. The minimum absolute atomic E-state index is 0.0384. The molecule has 0 heterocycles. The summed E-state index contributed by atoms with van der Waals surface area (Å²) in [5.74, 6) is 0.368. The van der Waals surface area contributed by atoms with Crippen LogP contribution in [0.4, 0.5) is 0 Å². The fourth-order valence-corrected chi connectivity index (χ4v) is 2.22. The normalized spacial score (nSPS) is 10.3.